The lowest BCUT2D eigenvalue weighted by atomic mass is 10.1. The summed E-state index contributed by atoms with van der Waals surface area (Å²) in [5.41, 5.74) is 0.879. The zero-order chi connectivity index (χ0) is 14.3. The molecule has 0 fully saturated rings. The fraction of sp³-hybridized carbons (Fsp3) is 0.0667. The van der Waals surface area contributed by atoms with Gasteiger partial charge in [-0.3, -0.25) is 0 Å². The van der Waals surface area contributed by atoms with Crippen LogP contribution in [0.25, 0.3) is 11.0 Å². The average molecular weight is 311 g/mol. The third-order valence-electron chi connectivity index (χ3n) is 3.04. The van der Waals surface area contributed by atoms with Crippen LogP contribution in [0.15, 0.2) is 46.9 Å². The van der Waals surface area contributed by atoms with Crippen molar-refractivity contribution in [3.63, 3.8) is 0 Å². The summed E-state index contributed by atoms with van der Waals surface area (Å²) in [6.07, 6.45) is -1.08. The van der Waals surface area contributed by atoms with Gasteiger partial charge in [0, 0.05) is 16.0 Å². The lowest BCUT2D eigenvalue weighted by Gasteiger charge is -2.09. The zero-order valence-electron chi connectivity index (χ0n) is 10.1. The van der Waals surface area contributed by atoms with Gasteiger partial charge in [-0.05, 0) is 24.3 Å². The van der Waals surface area contributed by atoms with Crippen molar-refractivity contribution in [1.29, 1.82) is 0 Å². The van der Waals surface area contributed by atoms with Crippen LogP contribution >= 0.6 is 23.2 Å². The number of halogens is 3. The Bertz CT molecular complexity index is 783. The van der Waals surface area contributed by atoms with Crippen molar-refractivity contribution >= 4 is 34.2 Å². The van der Waals surface area contributed by atoms with E-state index in [0.29, 0.717) is 21.9 Å². The predicted octanol–water partition coefficient (Wildman–Crippen LogP) is 4.96. The van der Waals surface area contributed by atoms with Gasteiger partial charge in [-0.25, -0.2) is 4.39 Å². The highest BCUT2D eigenvalue weighted by Crippen LogP contribution is 2.34. The highest BCUT2D eigenvalue weighted by Gasteiger charge is 2.19. The summed E-state index contributed by atoms with van der Waals surface area (Å²) in [6, 6.07) is 10.8. The minimum absolute atomic E-state index is 0.143. The van der Waals surface area contributed by atoms with Gasteiger partial charge >= 0.3 is 0 Å². The summed E-state index contributed by atoms with van der Waals surface area (Å²) in [4.78, 5) is 0. The molecule has 3 rings (SSSR count). The van der Waals surface area contributed by atoms with Gasteiger partial charge in [0.1, 0.15) is 17.7 Å². The highest BCUT2D eigenvalue weighted by atomic mass is 35.5. The molecule has 1 N–H and O–H groups in total. The predicted molar refractivity (Wildman–Crippen MR) is 76.7 cm³/mol. The number of hydrogen-bond donors (Lipinski definition) is 1. The molecule has 1 aromatic heterocycles. The van der Waals surface area contributed by atoms with Gasteiger partial charge in [0.15, 0.2) is 5.58 Å². The molecule has 0 aliphatic rings. The molecule has 2 nitrogen and oxygen atoms in total. The number of hydrogen-bond acceptors (Lipinski definition) is 2. The number of aliphatic hydroxyl groups excluding tert-OH is 1. The van der Waals surface area contributed by atoms with E-state index in [0.717, 1.165) is 11.5 Å². The average Bonchev–Trinajstić information content (AvgIpc) is 2.83. The van der Waals surface area contributed by atoms with Crippen LogP contribution in [0, 0.1) is 5.82 Å². The van der Waals surface area contributed by atoms with Gasteiger partial charge in [0.2, 0.25) is 0 Å². The largest absolute Gasteiger partial charge is 0.456 e. The molecule has 1 atom stereocenters. The van der Waals surface area contributed by atoms with Crippen LogP contribution in [0.2, 0.25) is 10.0 Å². The Kier molecular flexibility index (Phi) is 3.42. The van der Waals surface area contributed by atoms with Crippen molar-refractivity contribution in [1.82, 2.24) is 0 Å². The minimum Gasteiger partial charge on any atom is -0.456 e. The van der Waals surface area contributed by atoms with Crippen LogP contribution in [0.1, 0.15) is 17.4 Å². The summed E-state index contributed by atoms with van der Waals surface area (Å²) < 4.78 is 18.6. The Hall–Kier alpha value is -1.55. The van der Waals surface area contributed by atoms with E-state index in [9.17, 15) is 9.50 Å². The molecule has 0 bridgehead atoms. The molecule has 1 heterocycles. The van der Waals surface area contributed by atoms with Gasteiger partial charge in [0.05, 0.1) is 5.02 Å². The van der Waals surface area contributed by atoms with Crippen LogP contribution in [-0.2, 0) is 0 Å². The first-order valence-corrected chi connectivity index (χ1v) is 6.63. The van der Waals surface area contributed by atoms with Gasteiger partial charge in [0.25, 0.3) is 0 Å². The van der Waals surface area contributed by atoms with Crippen molar-refractivity contribution in [3.8, 4) is 0 Å². The van der Waals surface area contributed by atoms with Crippen molar-refractivity contribution in [2.75, 3.05) is 0 Å². The van der Waals surface area contributed by atoms with E-state index in [1.807, 2.05) is 6.07 Å². The molecule has 20 heavy (non-hydrogen) atoms. The molecule has 0 amide bonds. The molecular weight excluding hydrogens is 302 g/mol. The first-order chi connectivity index (χ1) is 9.56. The van der Waals surface area contributed by atoms with Crippen LogP contribution < -0.4 is 0 Å². The molecule has 1 unspecified atom stereocenters. The normalized spacial score (nSPS) is 12.8. The van der Waals surface area contributed by atoms with Gasteiger partial charge < -0.3 is 9.52 Å². The third kappa shape index (κ3) is 2.29. The van der Waals surface area contributed by atoms with E-state index in [4.69, 9.17) is 27.6 Å². The van der Waals surface area contributed by atoms with E-state index in [2.05, 4.69) is 0 Å². The number of aliphatic hydroxyl groups is 1. The van der Waals surface area contributed by atoms with Gasteiger partial charge in [-0.15, -0.1) is 0 Å². The van der Waals surface area contributed by atoms with Crippen molar-refractivity contribution in [3.05, 3.63) is 69.7 Å². The van der Waals surface area contributed by atoms with E-state index < -0.39 is 11.9 Å². The maximum absolute atomic E-state index is 13.0. The summed E-state index contributed by atoms with van der Waals surface area (Å²) >= 11 is 12.0. The molecule has 102 valence electrons. The first kappa shape index (κ1) is 13.4. The van der Waals surface area contributed by atoms with E-state index in [1.54, 1.807) is 18.2 Å². The van der Waals surface area contributed by atoms with Gasteiger partial charge in [-0.1, -0.05) is 41.4 Å². The first-order valence-electron chi connectivity index (χ1n) is 5.87. The monoisotopic (exact) mass is 310 g/mol. The fourth-order valence-corrected chi connectivity index (χ4v) is 2.55. The summed E-state index contributed by atoms with van der Waals surface area (Å²) in [7, 11) is 0. The maximum Gasteiger partial charge on any atom is 0.153 e. The highest BCUT2D eigenvalue weighted by molar-refractivity contribution is 6.34. The molecule has 0 saturated carbocycles. The number of rotatable bonds is 2. The van der Waals surface area contributed by atoms with Crippen LogP contribution in [0.3, 0.4) is 0 Å². The number of benzene rings is 2. The number of para-hydroxylation sites is 1. The second kappa shape index (κ2) is 5.09. The third-order valence-corrected chi connectivity index (χ3v) is 3.67. The standard InChI is InChI=1S/C15H9Cl2FO2/c16-11-3-1-2-8-6-13(20-15(8)11)14(19)10-5-4-9(18)7-12(10)17/h1-7,14,19H. The Morgan fingerprint density at radius 2 is 1.85 bits per heavy atom. The van der Waals surface area contributed by atoms with Crippen molar-refractivity contribution in [2.24, 2.45) is 0 Å². The topological polar surface area (TPSA) is 33.4 Å². The number of furan rings is 1. The Morgan fingerprint density at radius 1 is 1.05 bits per heavy atom. The maximum atomic E-state index is 13.0. The molecule has 0 aliphatic heterocycles. The molecule has 0 saturated heterocycles. The summed E-state index contributed by atoms with van der Waals surface area (Å²) in [6.45, 7) is 0. The van der Waals surface area contributed by atoms with Crippen LogP contribution in [0.5, 0.6) is 0 Å². The second-order valence-electron chi connectivity index (χ2n) is 4.38. The number of fused-ring (bicyclic) bond motifs is 1. The quantitative estimate of drug-likeness (QED) is 0.725. The lowest BCUT2D eigenvalue weighted by molar-refractivity contribution is 0.192. The van der Waals surface area contributed by atoms with E-state index in [-0.39, 0.29) is 5.02 Å². The molecule has 0 spiro atoms. The minimum atomic E-state index is -1.08. The smallest absolute Gasteiger partial charge is 0.153 e. The lowest BCUT2D eigenvalue weighted by Crippen LogP contribution is -1.99. The molecule has 0 aliphatic carbocycles. The zero-order valence-corrected chi connectivity index (χ0v) is 11.6. The Morgan fingerprint density at radius 3 is 2.55 bits per heavy atom. The van der Waals surface area contributed by atoms with E-state index >= 15 is 0 Å². The summed E-state index contributed by atoms with van der Waals surface area (Å²) in [5, 5.41) is 11.7. The van der Waals surface area contributed by atoms with Crippen molar-refractivity contribution in [2.45, 2.75) is 6.10 Å². The van der Waals surface area contributed by atoms with Gasteiger partial charge in [-0.2, -0.15) is 0 Å². The molecule has 3 aromatic rings. The Labute approximate surface area is 124 Å². The van der Waals surface area contributed by atoms with Crippen molar-refractivity contribution < 1.29 is 13.9 Å². The molecular formula is C15H9Cl2FO2. The van der Waals surface area contributed by atoms with Crippen LogP contribution in [-0.4, -0.2) is 5.11 Å². The molecule has 0 radical (unpaired) electrons. The SMILES string of the molecule is OC(c1cc2cccc(Cl)c2o1)c1ccc(F)cc1Cl. The fourth-order valence-electron chi connectivity index (χ4n) is 2.06. The Balaban J connectivity index is 2.08. The van der Waals surface area contributed by atoms with E-state index in [1.165, 1.54) is 12.1 Å². The molecule has 5 heteroatoms. The second-order valence-corrected chi connectivity index (χ2v) is 5.19. The summed E-state index contributed by atoms with van der Waals surface area (Å²) in [5.74, 6) is -0.153. The van der Waals surface area contributed by atoms with Crippen LogP contribution in [0.4, 0.5) is 4.39 Å². The molecule has 2 aromatic carbocycles.